The number of benzene rings is 3. The minimum atomic E-state index is -3.64. The Morgan fingerprint density at radius 3 is 2.21 bits per heavy atom. The van der Waals surface area contributed by atoms with Gasteiger partial charge in [-0.25, -0.2) is 8.42 Å². The molecule has 0 saturated carbocycles. The van der Waals surface area contributed by atoms with Crippen LogP contribution in [-0.2, 0) is 32.6 Å². The molecule has 9 nitrogen and oxygen atoms in total. The molecule has 0 unspecified atom stereocenters. The number of nitrogens with one attached hydrogen (secondary N) is 1. The molecular weight excluding hydrogens is 554 g/mol. The average Bonchev–Trinajstić information content (AvgIpc) is 3.45. The van der Waals surface area contributed by atoms with Crippen LogP contribution >= 0.6 is 0 Å². The van der Waals surface area contributed by atoms with E-state index in [0.717, 1.165) is 23.8 Å². The second kappa shape index (κ2) is 14.2. The number of amides is 2. The van der Waals surface area contributed by atoms with Crippen LogP contribution in [0.2, 0.25) is 0 Å². The van der Waals surface area contributed by atoms with Gasteiger partial charge in [-0.15, -0.1) is 0 Å². The smallest absolute Gasteiger partial charge is 0.243 e. The SMILES string of the molecule is CC[C@@H](C)NC(=O)[C@H](Cc1ccccc1)N(Cc1ccccc1)C(=O)CCCN(c1ccc2c(c1)OCO2)S(C)(=O)=O. The highest BCUT2D eigenvalue weighted by Crippen LogP contribution is 2.36. The maximum Gasteiger partial charge on any atom is 0.243 e. The Balaban J connectivity index is 1.56. The molecule has 0 radical (unpaired) electrons. The van der Waals surface area contributed by atoms with E-state index in [4.69, 9.17) is 9.47 Å². The third-order valence-electron chi connectivity index (χ3n) is 7.26. The number of rotatable bonds is 14. The zero-order valence-corrected chi connectivity index (χ0v) is 25.2. The van der Waals surface area contributed by atoms with Crippen molar-refractivity contribution >= 4 is 27.5 Å². The van der Waals surface area contributed by atoms with Crippen LogP contribution in [0.1, 0.15) is 44.2 Å². The molecular formula is C32H39N3O6S. The Morgan fingerprint density at radius 2 is 1.57 bits per heavy atom. The fraction of sp³-hybridized carbons (Fsp3) is 0.375. The van der Waals surface area contributed by atoms with Crippen LogP contribution in [0.15, 0.2) is 78.9 Å². The van der Waals surface area contributed by atoms with Crippen molar-refractivity contribution < 1.29 is 27.5 Å². The first kappa shape index (κ1) is 30.9. The van der Waals surface area contributed by atoms with E-state index in [1.54, 1.807) is 23.1 Å². The molecule has 2 amide bonds. The molecule has 224 valence electrons. The van der Waals surface area contributed by atoms with Crippen molar-refractivity contribution in [2.45, 2.75) is 58.2 Å². The van der Waals surface area contributed by atoms with Gasteiger partial charge in [-0.2, -0.15) is 0 Å². The van der Waals surface area contributed by atoms with E-state index in [0.29, 0.717) is 23.6 Å². The van der Waals surface area contributed by atoms with Crippen LogP contribution in [0.4, 0.5) is 5.69 Å². The van der Waals surface area contributed by atoms with Gasteiger partial charge in [-0.1, -0.05) is 67.6 Å². The van der Waals surface area contributed by atoms with E-state index in [-0.39, 0.29) is 50.6 Å². The van der Waals surface area contributed by atoms with Gasteiger partial charge >= 0.3 is 0 Å². The number of sulfonamides is 1. The summed E-state index contributed by atoms with van der Waals surface area (Å²) in [5.41, 5.74) is 2.28. The zero-order chi connectivity index (χ0) is 30.1. The van der Waals surface area contributed by atoms with Crippen molar-refractivity contribution in [2.75, 3.05) is 23.9 Å². The van der Waals surface area contributed by atoms with Gasteiger partial charge in [0.1, 0.15) is 6.04 Å². The molecule has 42 heavy (non-hydrogen) atoms. The standard InChI is InChI=1S/C32H39N3O6S/c1-4-24(2)33-32(37)28(20-25-12-7-5-8-13-25)34(22-26-14-9-6-10-15-26)31(36)16-11-19-35(42(3,38)39)27-17-18-29-30(21-27)41-23-40-29/h5-10,12-15,17-18,21,24,28H,4,11,16,19-20,22-23H2,1-3H3,(H,33,37)/t24-,28+/m1/s1. The van der Waals surface area contributed by atoms with Crippen LogP contribution in [0.3, 0.4) is 0 Å². The number of nitrogens with zero attached hydrogens (tertiary/aromatic N) is 2. The molecule has 2 atom stereocenters. The van der Waals surface area contributed by atoms with Crippen LogP contribution in [0, 0.1) is 0 Å². The van der Waals surface area contributed by atoms with Crippen LogP contribution in [-0.4, -0.2) is 56.8 Å². The lowest BCUT2D eigenvalue weighted by molar-refractivity contribution is -0.141. The van der Waals surface area contributed by atoms with E-state index < -0.39 is 16.1 Å². The quantitative estimate of drug-likeness (QED) is 0.295. The maximum absolute atomic E-state index is 13.9. The number of anilines is 1. The minimum absolute atomic E-state index is 0.0468. The summed E-state index contributed by atoms with van der Waals surface area (Å²) in [5.74, 6) is 0.593. The van der Waals surface area contributed by atoms with Gasteiger partial charge in [0.05, 0.1) is 11.9 Å². The van der Waals surface area contributed by atoms with Crippen molar-refractivity contribution in [3.63, 3.8) is 0 Å². The van der Waals surface area contributed by atoms with Crippen molar-refractivity contribution in [1.82, 2.24) is 10.2 Å². The highest BCUT2D eigenvalue weighted by molar-refractivity contribution is 7.92. The number of hydrogen-bond donors (Lipinski definition) is 1. The third kappa shape index (κ3) is 8.25. The first-order valence-corrected chi connectivity index (χ1v) is 16.1. The van der Waals surface area contributed by atoms with E-state index in [9.17, 15) is 18.0 Å². The number of ether oxygens (including phenoxy) is 2. The van der Waals surface area contributed by atoms with Gasteiger partial charge in [0.25, 0.3) is 0 Å². The Hall–Kier alpha value is -4.05. The molecule has 0 saturated heterocycles. The lowest BCUT2D eigenvalue weighted by Gasteiger charge is -2.32. The molecule has 0 bridgehead atoms. The van der Waals surface area contributed by atoms with Crippen molar-refractivity contribution in [3.8, 4) is 11.5 Å². The van der Waals surface area contributed by atoms with E-state index in [2.05, 4.69) is 5.32 Å². The highest BCUT2D eigenvalue weighted by atomic mass is 32.2. The second-order valence-electron chi connectivity index (χ2n) is 10.5. The summed E-state index contributed by atoms with van der Waals surface area (Å²) in [6.45, 7) is 4.36. The minimum Gasteiger partial charge on any atom is -0.454 e. The molecule has 0 aromatic heterocycles. The summed E-state index contributed by atoms with van der Waals surface area (Å²) in [5, 5.41) is 3.06. The fourth-order valence-electron chi connectivity index (χ4n) is 4.82. The third-order valence-corrected chi connectivity index (χ3v) is 8.46. The summed E-state index contributed by atoms with van der Waals surface area (Å²) in [7, 11) is -3.64. The Labute approximate surface area is 248 Å². The molecule has 0 fully saturated rings. The highest BCUT2D eigenvalue weighted by Gasteiger charge is 2.31. The summed E-state index contributed by atoms with van der Waals surface area (Å²) < 4.78 is 37.5. The summed E-state index contributed by atoms with van der Waals surface area (Å²) in [4.78, 5) is 29.2. The van der Waals surface area contributed by atoms with Gasteiger partial charge in [-0.3, -0.25) is 13.9 Å². The zero-order valence-electron chi connectivity index (χ0n) is 24.4. The number of carbonyl (C=O) groups is 2. The van der Waals surface area contributed by atoms with Crippen molar-refractivity contribution in [2.24, 2.45) is 0 Å². The molecule has 3 aromatic rings. The molecule has 0 aliphatic carbocycles. The number of hydrogen-bond acceptors (Lipinski definition) is 6. The molecule has 0 spiro atoms. The Kier molecular flexibility index (Phi) is 10.5. The monoisotopic (exact) mass is 593 g/mol. The summed E-state index contributed by atoms with van der Waals surface area (Å²) in [6, 6.07) is 23.4. The summed E-state index contributed by atoms with van der Waals surface area (Å²) in [6.07, 6.45) is 2.57. The van der Waals surface area contributed by atoms with Gasteiger partial charge in [0.2, 0.25) is 28.6 Å². The van der Waals surface area contributed by atoms with Gasteiger partial charge in [0, 0.05) is 38.0 Å². The normalized spacial score (nSPS) is 13.7. The molecule has 4 rings (SSSR count). The van der Waals surface area contributed by atoms with Crippen LogP contribution in [0.25, 0.3) is 0 Å². The Morgan fingerprint density at radius 1 is 0.929 bits per heavy atom. The summed E-state index contributed by atoms with van der Waals surface area (Å²) >= 11 is 0. The van der Waals surface area contributed by atoms with Crippen molar-refractivity contribution in [1.29, 1.82) is 0 Å². The predicted molar refractivity (Wildman–Crippen MR) is 163 cm³/mol. The molecule has 1 N–H and O–H groups in total. The first-order chi connectivity index (χ1) is 20.2. The lowest BCUT2D eigenvalue weighted by Crippen LogP contribution is -2.52. The topological polar surface area (TPSA) is 105 Å². The van der Waals surface area contributed by atoms with Gasteiger partial charge in [-0.05, 0) is 43.0 Å². The number of carbonyl (C=O) groups excluding carboxylic acids is 2. The second-order valence-corrected chi connectivity index (χ2v) is 12.4. The average molecular weight is 594 g/mol. The largest absolute Gasteiger partial charge is 0.454 e. The fourth-order valence-corrected chi connectivity index (χ4v) is 5.78. The number of fused-ring (bicyclic) bond motifs is 1. The molecule has 10 heteroatoms. The van der Waals surface area contributed by atoms with Crippen LogP contribution < -0.4 is 19.1 Å². The van der Waals surface area contributed by atoms with E-state index in [1.807, 2.05) is 74.5 Å². The van der Waals surface area contributed by atoms with Gasteiger partial charge in [0.15, 0.2) is 11.5 Å². The maximum atomic E-state index is 13.9. The van der Waals surface area contributed by atoms with E-state index in [1.165, 1.54) is 4.31 Å². The molecule has 1 heterocycles. The predicted octanol–water partition coefficient (Wildman–Crippen LogP) is 4.52. The van der Waals surface area contributed by atoms with Crippen molar-refractivity contribution in [3.05, 3.63) is 90.0 Å². The lowest BCUT2D eigenvalue weighted by atomic mass is 10.0. The van der Waals surface area contributed by atoms with Crippen LogP contribution in [0.5, 0.6) is 11.5 Å². The Bertz CT molecular complexity index is 1450. The molecule has 3 aromatic carbocycles. The van der Waals surface area contributed by atoms with E-state index >= 15 is 0 Å². The first-order valence-electron chi connectivity index (χ1n) is 14.2. The molecule has 1 aliphatic rings. The van der Waals surface area contributed by atoms with Gasteiger partial charge < -0.3 is 19.7 Å². The molecule has 1 aliphatic heterocycles.